The highest BCUT2D eigenvalue weighted by Gasteiger charge is 1.99. The van der Waals surface area contributed by atoms with Gasteiger partial charge in [-0.2, -0.15) is 5.10 Å². The first-order valence-corrected chi connectivity index (χ1v) is 5.37. The van der Waals surface area contributed by atoms with Crippen molar-refractivity contribution >= 4 is 0 Å². The maximum Gasteiger partial charge on any atom is 0.0568 e. The summed E-state index contributed by atoms with van der Waals surface area (Å²) < 4.78 is 1.83. The summed E-state index contributed by atoms with van der Waals surface area (Å²) in [5, 5.41) is 4.17. The molecule has 2 nitrogen and oxygen atoms in total. The Morgan fingerprint density at radius 2 is 1.87 bits per heavy atom. The number of nitrogens with zero attached hydrogens (tertiary/aromatic N) is 2. The van der Waals surface area contributed by atoms with Crippen LogP contribution in [0.2, 0.25) is 0 Å². The fraction of sp³-hybridized carbons (Fsp3) is 0.308. The minimum Gasteiger partial charge on any atom is -0.275 e. The smallest absolute Gasteiger partial charge is 0.0568 e. The van der Waals surface area contributed by atoms with Gasteiger partial charge in [-0.05, 0) is 17.5 Å². The highest BCUT2D eigenvalue weighted by molar-refractivity contribution is 5.61. The first kappa shape index (κ1) is 9.97. The van der Waals surface area contributed by atoms with Crippen molar-refractivity contribution in [3.8, 4) is 11.1 Å². The topological polar surface area (TPSA) is 17.8 Å². The number of rotatable bonds is 3. The Labute approximate surface area is 90.6 Å². The molecule has 0 aliphatic rings. The minimum absolute atomic E-state index is 1.16. The first-order valence-electron chi connectivity index (χ1n) is 5.37. The van der Waals surface area contributed by atoms with E-state index < -0.39 is 0 Å². The number of hydrogen-bond acceptors (Lipinski definition) is 1. The molecule has 0 saturated carbocycles. The van der Waals surface area contributed by atoms with Crippen LogP contribution < -0.4 is 0 Å². The zero-order valence-corrected chi connectivity index (χ0v) is 9.27. The van der Waals surface area contributed by atoms with E-state index >= 15 is 0 Å². The van der Waals surface area contributed by atoms with Crippen molar-refractivity contribution in [3.63, 3.8) is 0 Å². The SMILES string of the molecule is CCCc1ccc(-c2cnn(C)c2)cc1. The molecule has 0 spiro atoms. The van der Waals surface area contributed by atoms with Gasteiger partial charge in [0.15, 0.2) is 0 Å². The maximum atomic E-state index is 4.17. The molecule has 2 heteroatoms. The summed E-state index contributed by atoms with van der Waals surface area (Å²) >= 11 is 0. The van der Waals surface area contributed by atoms with Crippen LogP contribution in [0, 0.1) is 0 Å². The van der Waals surface area contributed by atoms with E-state index in [-0.39, 0.29) is 0 Å². The highest BCUT2D eigenvalue weighted by atomic mass is 15.2. The quantitative estimate of drug-likeness (QED) is 0.744. The Hall–Kier alpha value is -1.57. The van der Waals surface area contributed by atoms with E-state index in [1.165, 1.54) is 23.1 Å². The average Bonchev–Trinajstić information content (AvgIpc) is 2.67. The summed E-state index contributed by atoms with van der Waals surface area (Å²) in [6.45, 7) is 2.20. The Bertz CT molecular complexity index is 426. The molecule has 0 unspecified atom stereocenters. The van der Waals surface area contributed by atoms with E-state index in [4.69, 9.17) is 0 Å². The molecule has 1 aromatic heterocycles. The zero-order chi connectivity index (χ0) is 10.7. The average molecular weight is 200 g/mol. The lowest BCUT2D eigenvalue weighted by molar-refractivity contribution is 0.768. The molecule has 78 valence electrons. The molecule has 0 bridgehead atoms. The monoisotopic (exact) mass is 200 g/mol. The van der Waals surface area contributed by atoms with Gasteiger partial charge >= 0.3 is 0 Å². The Kier molecular flexibility index (Phi) is 2.86. The molecule has 15 heavy (non-hydrogen) atoms. The van der Waals surface area contributed by atoms with Gasteiger partial charge in [-0.25, -0.2) is 0 Å². The molecule has 0 aliphatic carbocycles. The molecule has 0 amide bonds. The van der Waals surface area contributed by atoms with Gasteiger partial charge < -0.3 is 0 Å². The fourth-order valence-corrected chi connectivity index (χ4v) is 1.72. The van der Waals surface area contributed by atoms with E-state index in [0.29, 0.717) is 0 Å². The van der Waals surface area contributed by atoms with Crippen LogP contribution >= 0.6 is 0 Å². The normalized spacial score (nSPS) is 10.5. The van der Waals surface area contributed by atoms with Crippen molar-refractivity contribution in [2.24, 2.45) is 7.05 Å². The number of aryl methyl sites for hydroxylation is 2. The van der Waals surface area contributed by atoms with Crippen LogP contribution in [0.15, 0.2) is 36.7 Å². The Morgan fingerprint density at radius 1 is 1.13 bits per heavy atom. The van der Waals surface area contributed by atoms with Crippen molar-refractivity contribution < 1.29 is 0 Å². The summed E-state index contributed by atoms with van der Waals surface area (Å²) in [5.74, 6) is 0. The predicted octanol–water partition coefficient (Wildman–Crippen LogP) is 3.04. The molecule has 0 radical (unpaired) electrons. The molecule has 0 saturated heterocycles. The molecule has 0 N–H and O–H groups in total. The molecule has 2 rings (SSSR count). The molecular formula is C13H16N2. The van der Waals surface area contributed by atoms with Crippen LogP contribution in [0.4, 0.5) is 0 Å². The van der Waals surface area contributed by atoms with Gasteiger partial charge in [-0.15, -0.1) is 0 Å². The summed E-state index contributed by atoms with van der Waals surface area (Å²) in [6, 6.07) is 8.74. The predicted molar refractivity (Wildman–Crippen MR) is 62.6 cm³/mol. The third-order valence-corrected chi connectivity index (χ3v) is 2.53. The third-order valence-electron chi connectivity index (χ3n) is 2.53. The van der Waals surface area contributed by atoms with Crippen LogP contribution in [0.5, 0.6) is 0 Å². The zero-order valence-electron chi connectivity index (χ0n) is 9.27. The van der Waals surface area contributed by atoms with E-state index in [0.717, 1.165) is 6.42 Å². The first-order chi connectivity index (χ1) is 7.29. The van der Waals surface area contributed by atoms with Crippen molar-refractivity contribution in [2.75, 3.05) is 0 Å². The van der Waals surface area contributed by atoms with E-state index in [9.17, 15) is 0 Å². The summed E-state index contributed by atoms with van der Waals surface area (Å²) in [7, 11) is 1.94. The second-order valence-electron chi connectivity index (χ2n) is 3.85. The van der Waals surface area contributed by atoms with Gasteiger partial charge in [-0.3, -0.25) is 4.68 Å². The standard InChI is InChI=1S/C13H16N2/c1-3-4-11-5-7-12(8-6-11)13-9-14-15(2)10-13/h5-10H,3-4H2,1-2H3. The largest absolute Gasteiger partial charge is 0.275 e. The summed E-state index contributed by atoms with van der Waals surface area (Å²) in [5.41, 5.74) is 3.83. The lowest BCUT2D eigenvalue weighted by atomic mass is 10.0. The van der Waals surface area contributed by atoms with E-state index in [1.807, 2.05) is 24.1 Å². The van der Waals surface area contributed by atoms with Gasteiger partial charge in [0.2, 0.25) is 0 Å². The Balaban J connectivity index is 2.23. The van der Waals surface area contributed by atoms with Gasteiger partial charge in [0.1, 0.15) is 0 Å². The molecule has 0 atom stereocenters. The molecular weight excluding hydrogens is 184 g/mol. The minimum atomic E-state index is 1.16. The van der Waals surface area contributed by atoms with Crippen molar-refractivity contribution in [1.82, 2.24) is 9.78 Å². The van der Waals surface area contributed by atoms with Crippen molar-refractivity contribution in [3.05, 3.63) is 42.2 Å². The highest BCUT2D eigenvalue weighted by Crippen LogP contribution is 2.19. The molecule has 2 aromatic rings. The molecule has 0 aliphatic heterocycles. The van der Waals surface area contributed by atoms with Gasteiger partial charge in [-0.1, -0.05) is 37.6 Å². The van der Waals surface area contributed by atoms with Crippen LogP contribution in [0.1, 0.15) is 18.9 Å². The second kappa shape index (κ2) is 4.30. The summed E-state index contributed by atoms with van der Waals surface area (Å²) in [6.07, 6.45) is 6.29. The fourth-order valence-electron chi connectivity index (χ4n) is 1.72. The number of benzene rings is 1. The maximum absolute atomic E-state index is 4.17. The van der Waals surface area contributed by atoms with E-state index in [2.05, 4.69) is 36.3 Å². The van der Waals surface area contributed by atoms with Gasteiger partial charge in [0.05, 0.1) is 6.20 Å². The van der Waals surface area contributed by atoms with Gasteiger partial charge in [0, 0.05) is 18.8 Å². The lowest BCUT2D eigenvalue weighted by Crippen LogP contribution is -1.84. The van der Waals surface area contributed by atoms with Crippen molar-refractivity contribution in [1.29, 1.82) is 0 Å². The van der Waals surface area contributed by atoms with Gasteiger partial charge in [0.25, 0.3) is 0 Å². The van der Waals surface area contributed by atoms with Crippen LogP contribution in [0.3, 0.4) is 0 Å². The van der Waals surface area contributed by atoms with Crippen molar-refractivity contribution in [2.45, 2.75) is 19.8 Å². The Morgan fingerprint density at radius 3 is 2.40 bits per heavy atom. The van der Waals surface area contributed by atoms with Crippen LogP contribution in [-0.4, -0.2) is 9.78 Å². The number of aromatic nitrogens is 2. The molecule has 1 heterocycles. The molecule has 1 aromatic carbocycles. The molecule has 0 fully saturated rings. The number of hydrogen-bond donors (Lipinski definition) is 0. The van der Waals surface area contributed by atoms with E-state index in [1.54, 1.807) is 0 Å². The second-order valence-corrected chi connectivity index (χ2v) is 3.85. The van der Waals surface area contributed by atoms with Crippen LogP contribution in [-0.2, 0) is 13.5 Å². The van der Waals surface area contributed by atoms with Crippen LogP contribution in [0.25, 0.3) is 11.1 Å². The third kappa shape index (κ3) is 2.27. The summed E-state index contributed by atoms with van der Waals surface area (Å²) in [4.78, 5) is 0. The lowest BCUT2D eigenvalue weighted by Gasteiger charge is -2.00.